The number of hydrogen-bond donors (Lipinski definition) is 1. The quantitative estimate of drug-likeness (QED) is 0.722. The van der Waals surface area contributed by atoms with E-state index in [1.54, 1.807) is 12.3 Å². The van der Waals surface area contributed by atoms with Crippen molar-refractivity contribution in [3.8, 4) is 0 Å². The normalized spacial score (nSPS) is 17.6. The molecule has 0 bridgehead atoms. The van der Waals surface area contributed by atoms with Crippen molar-refractivity contribution in [1.82, 2.24) is 24.9 Å². The maximum absolute atomic E-state index is 12.5. The summed E-state index contributed by atoms with van der Waals surface area (Å²) in [5, 5.41) is 7.37. The Kier molecular flexibility index (Phi) is 6.05. The van der Waals surface area contributed by atoms with Crippen LogP contribution in [0.3, 0.4) is 0 Å². The highest BCUT2D eigenvalue weighted by Crippen LogP contribution is 2.18. The fourth-order valence-corrected chi connectivity index (χ4v) is 3.43. The Hall–Kier alpha value is -2.93. The Morgan fingerprint density at radius 2 is 1.86 bits per heavy atom. The first-order valence-corrected chi connectivity index (χ1v) is 10.2. The Morgan fingerprint density at radius 3 is 2.59 bits per heavy atom. The molecule has 2 aromatic rings. The van der Waals surface area contributed by atoms with E-state index < -0.39 is 0 Å². The number of carbonyl (C=O) groups excluding carboxylic acids is 2. The third-order valence-corrected chi connectivity index (χ3v) is 5.25. The fourth-order valence-electron chi connectivity index (χ4n) is 3.43. The summed E-state index contributed by atoms with van der Waals surface area (Å²) in [5.41, 5.74) is 2.09. The molecule has 0 unspecified atom stereocenters. The van der Waals surface area contributed by atoms with Crippen molar-refractivity contribution >= 4 is 17.9 Å². The molecule has 7 heteroatoms. The molecule has 2 heterocycles. The SMILES string of the molecule is O=C(CN1CCN(C(=O)C=Cc2cnn(Cc3ccccc3)c2)CC1)NC1CC1. The largest absolute Gasteiger partial charge is 0.352 e. The van der Waals surface area contributed by atoms with Gasteiger partial charge in [0.25, 0.3) is 0 Å². The van der Waals surface area contributed by atoms with E-state index in [0.717, 1.165) is 31.5 Å². The van der Waals surface area contributed by atoms with Gasteiger partial charge in [-0.1, -0.05) is 30.3 Å². The lowest BCUT2D eigenvalue weighted by molar-refractivity contribution is -0.128. The van der Waals surface area contributed by atoms with Crippen molar-refractivity contribution in [2.24, 2.45) is 0 Å². The Labute approximate surface area is 171 Å². The molecule has 2 aliphatic rings. The summed E-state index contributed by atoms with van der Waals surface area (Å²) < 4.78 is 1.87. The van der Waals surface area contributed by atoms with Crippen molar-refractivity contribution in [3.63, 3.8) is 0 Å². The summed E-state index contributed by atoms with van der Waals surface area (Å²) in [6, 6.07) is 10.5. The number of carbonyl (C=O) groups is 2. The second-order valence-electron chi connectivity index (χ2n) is 7.73. The number of nitrogens with one attached hydrogen (secondary N) is 1. The summed E-state index contributed by atoms with van der Waals surface area (Å²) in [4.78, 5) is 28.3. The molecule has 1 aliphatic heterocycles. The van der Waals surface area contributed by atoms with Crippen molar-refractivity contribution in [2.45, 2.75) is 25.4 Å². The summed E-state index contributed by atoms with van der Waals surface area (Å²) >= 11 is 0. The van der Waals surface area contributed by atoms with Crippen LogP contribution in [0.2, 0.25) is 0 Å². The first-order chi connectivity index (χ1) is 14.2. The molecule has 2 fully saturated rings. The van der Waals surface area contributed by atoms with Crippen LogP contribution in [0, 0.1) is 0 Å². The van der Waals surface area contributed by atoms with Crippen molar-refractivity contribution in [1.29, 1.82) is 0 Å². The standard InChI is InChI=1S/C22H27N5O2/c28-21(24-20-7-8-20)17-25-10-12-26(13-11-25)22(29)9-6-19-14-23-27(16-19)15-18-4-2-1-3-5-18/h1-6,9,14,16,20H,7-8,10-13,15,17H2,(H,24,28). The van der Waals surface area contributed by atoms with Gasteiger partial charge in [-0.15, -0.1) is 0 Å². The van der Waals surface area contributed by atoms with Crippen molar-refractivity contribution in [3.05, 3.63) is 59.9 Å². The van der Waals surface area contributed by atoms with Gasteiger partial charge in [-0.05, 0) is 24.5 Å². The van der Waals surface area contributed by atoms with Crippen LogP contribution < -0.4 is 5.32 Å². The van der Waals surface area contributed by atoms with Gasteiger partial charge in [0.15, 0.2) is 0 Å². The topological polar surface area (TPSA) is 70.5 Å². The average molecular weight is 393 g/mol. The molecule has 4 rings (SSSR count). The minimum absolute atomic E-state index is 0.00268. The maximum atomic E-state index is 12.5. The van der Waals surface area contributed by atoms with E-state index in [9.17, 15) is 9.59 Å². The second kappa shape index (κ2) is 9.05. The lowest BCUT2D eigenvalue weighted by Gasteiger charge is -2.33. The molecular formula is C22H27N5O2. The van der Waals surface area contributed by atoms with Gasteiger partial charge in [-0.2, -0.15) is 5.10 Å². The van der Waals surface area contributed by atoms with Crippen LogP contribution in [-0.2, 0) is 16.1 Å². The Morgan fingerprint density at radius 1 is 1.10 bits per heavy atom. The van der Waals surface area contributed by atoms with E-state index in [0.29, 0.717) is 32.2 Å². The lowest BCUT2D eigenvalue weighted by atomic mass is 10.2. The molecular weight excluding hydrogens is 366 g/mol. The van der Waals surface area contributed by atoms with Crippen molar-refractivity contribution in [2.75, 3.05) is 32.7 Å². The summed E-state index contributed by atoms with van der Waals surface area (Å²) in [6.07, 6.45) is 9.33. The lowest BCUT2D eigenvalue weighted by Crippen LogP contribution is -2.51. The van der Waals surface area contributed by atoms with Gasteiger partial charge in [0.2, 0.25) is 11.8 Å². The van der Waals surface area contributed by atoms with Gasteiger partial charge in [0.1, 0.15) is 0 Å². The van der Waals surface area contributed by atoms with Crippen LogP contribution in [0.15, 0.2) is 48.8 Å². The van der Waals surface area contributed by atoms with Crippen LogP contribution >= 0.6 is 0 Å². The summed E-state index contributed by atoms with van der Waals surface area (Å²) in [6.45, 7) is 3.88. The predicted molar refractivity (Wildman–Crippen MR) is 111 cm³/mol. The molecule has 1 aliphatic carbocycles. The number of aromatic nitrogens is 2. The highest BCUT2D eigenvalue weighted by atomic mass is 16.2. The molecule has 0 spiro atoms. The van der Waals surface area contributed by atoms with E-state index in [4.69, 9.17) is 0 Å². The van der Waals surface area contributed by atoms with Crippen LogP contribution in [0.4, 0.5) is 0 Å². The average Bonchev–Trinajstić information content (AvgIpc) is 3.43. The van der Waals surface area contributed by atoms with Gasteiger partial charge in [0.05, 0.1) is 19.3 Å². The smallest absolute Gasteiger partial charge is 0.246 e. The first-order valence-electron chi connectivity index (χ1n) is 10.2. The summed E-state index contributed by atoms with van der Waals surface area (Å²) in [7, 11) is 0. The number of piperazine rings is 1. The van der Waals surface area contributed by atoms with E-state index in [1.807, 2.05) is 40.1 Å². The maximum Gasteiger partial charge on any atom is 0.246 e. The van der Waals surface area contributed by atoms with Crippen LogP contribution in [0.5, 0.6) is 0 Å². The predicted octanol–water partition coefficient (Wildman–Crippen LogP) is 1.37. The van der Waals surface area contributed by atoms with Gasteiger partial charge in [-0.25, -0.2) is 0 Å². The number of amides is 2. The third-order valence-electron chi connectivity index (χ3n) is 5.25. The number of rotatable bonds is 7. The van der Waals surface area contributed by atoms with E-state index >= 15 is 0 Å². The van der Waals surface area contributed by atoms with Crippen LogP contribution in [-0.4, -0.2) is 70.2 Å². The second-order valence-corrected chi connectivity index (χ2v) is 7.73. The van der Waals surface area contributed by atoms with Crippen molar-refractivity contribution < 1.29 is 9.59 Å². The fraction of sp³-hybridized carbons (Fsp3) is 0.409. The Bertz CT molecular complexity index is 864. The molecule has 29 heavy (non-hydrogen) atoms. The van der Waals surface area contributed by atoms with Crippen LogP contribution in [0.1, 0.15) is 24.0 Å². The van der Waals surface area contributed by atoms with Crippen LogP contribution in [0.25, 0.3) is 6.08 Å². The number of nitrogens with zero attached hydrogens (tertiary/aromatic N) is 4. The molecule has 1 saturated carbocycles. The molecule has 0 atom stereocenters. The zero-order chi connectivity index (χ0) is 20.1. The highest BCUT2D eigenvalue weighted by molar-refractivity contribution is 5.91. The molecule has 1 saturated heterocycles. The number of hydrogen-bond acceptors (Lipinski definition) is 4. The van der Waals surface area contributed by atoms with E-state index in [1.165, 1.54) is 5.56 Å². The number of benzene rings is 1. The Balaban J connectivity index is 1.22. The summed E-state index contributed by atoms with van der Waals surface area (Å²) in [5.74, 6) is 0.0996. The monoisotopic (exact) mass is 393 g/mol. The molecule has 1 aromatic carbocycles. The third kappa shape index (κ3) is 5.77. The minimum atomic E-state index is 0.00268. The molecule has 152 valence electrons. The molecule has 1 aromatic heterocycles. The van der Waals surface area contributed by atoms with Gasteiger partial charge >= 0.3 is 0 Å². The van der Waals surface area contributed by atoms with Gasteiger partial charge in [0, 0.05) is 50.1 Å². The zero-order valence-electron chi connectivity index (χ0n) is 16.5. The van der Waals surface area contributed by atoms with Gasteiger partial charge < -0.3 is 10.2 Å². The van der Waals surface area contributed by atoms with E-state index in [2.05, 4.69) is 27.4 Å². The van der Waals surface area contributed by atoms with E-state index in [-0.39, 0.29) is 11.8 Å². The highest BCUT2D eigenvalue weighted by Gasteiger charge is 2.25. The molecule has 7 nitrogen and oxygen atoms in total. The minimum Gasteiger partial charge on any atom is -0.352 e. The first kappa shape index (κ1) is 19.4. The molecule has 1 N–H and O–H groups in total. The molecule has 0 radical (unpaired) electrons. The van der Waals surface area contributed by atoms with Gasteiger partial charge in [-0.3, -0.25) is 19.2 Å². The zero-order valence-corrected chi connectivity index (χ0v) is 16.5. The molecule has 2 amide bonds.